The number of hydrogen-bond donors (Lipinski definition) is 4. The van der Waals surface area contributed by atoms with E-state index in [1.165, 1.54) is 14.2 Å². The monoisotopic (exact) mass is 390 g/mol. The Labute approximate surface area is 158 Å². The summed E-state index contributed by atoms with van der Waals surface area (Å²) in [7, 11) is -0.898. The van der Waals surface area contributed by atoms with Crippen molar-refractivity contribution in [2.45, 2.75) is 23.4 Å². The molecule has 3 rings (SSSR count). The van der Waals surface area contributed by atoms with E-state index in [1.807, 2.05) is 30.3 Å². The fourth-order valence-electron chi connectivity index (χ4n) is 2.93. The van der Waals surface area contributed by atoms with Crippen molar-refractivity contribution in [2.75, 3.05) is 19.5 Å². The highest BCUT2D eigenvalue weighted by atomic mass is 32.2. The first-order valence-electron chi connectivity index (χ1n) is 8.43. The first kappa shape index (κ1) is 19.3. The molecule has 0 aliphatic carbocycles. The molecule has 9 heteroatoms. The van der Waals surface area contributed by atoms with Crippen LogP contribution in [0.2, 0.25) is 0 Å². The summed E-state index contributed by atoms with van der Waals surface area (Å²) in [5, 5.41) is 2.85. The van der Waals surface area contributed by atoms with E-state index in [0.717, 1.165) is 11.3 Å². The lowest BCUT2D eigenvalue weighted by Crippen LogP contribution is -2.39. The predicted octanol–water partition coefficient (Wildman–Crippen LogP) is 1.15. The number of benzene rings is 2. The molecular formula is C18H22N4O4S. The van der Waals surface area contributed by atoms with Gasteiger partial charge in [0, 0.05) is 11.7 Å². The molecule has 0 saturated carbocycles. The van der Waals surface area contributed by atoms with Crippen molar-refractivity contribution in [1.82, 2.24) is 15.6 Å². The van der Waals surface area contributed by atoms with Crippen LogP contribution in [-0.4, -0.2) is 34.5 Å². The van der Waals surface area contributed by atoms with Gasteiger partial charge in [-0.3, -0.25) is 4.79 Å². The van der Waals surface area contributed by atoms with Gasteiger partial charge in [0.25, 0.3) is 0 Å². The van der Waals surface area contributed by atoms with Gasteiger partial charge in [-0.25, -0.2) is 24.0 Å². The minimum atomic E-state index is -3.67. The number of ether oxygens (including phenoxy) is 1. The van der Waals surface area contributed by atoms with Crippen molar-refractivity contribution in [3.05, 3.63) is 54.1 Å². The lowest BCUT2D eigenvalue weighted by Gasteiger charge is -2.14. The topological polar surface area (TPSA) is 109 Å². The fraction of sp³-hybridized carbons (Fsp3) is 0.278. The van der Waals surface area contributed by atoms with E-state index in [9.17, 15) is 13.2 Å². The number of sulfonamides is 1. The zero-order valence-corrected chi connectivity index (χ0v) is 15.8. The molecule has 144 valence electrons. The van der Waals surface area contributed by atoms with E-state index in [2.05, 4.69) is 20.9 Å². The van der Waals surface area contributed by atoms with Crippen molar-refractivity contribution in [3.8, 4) is 5.75 Å². The van der Waals surface area contributed by atoms with Crippen LogP contribution < -0.4 is 25.6 Å². The lowest BCUT2D eigenvalue weighted by atomic mass is 10.0. The molecule has 2 aromatic carbocycles. The molecule has 27 heavy (non-hydrogen) atoms. The smallest absolute Gasteiger partial charge is 0.244 e. The van der Waals surface area contributed by atoms with Gasteiger partial charge in [0.2, 0.25) is 15.9 Å². The summed E-state index contributed by atoms with van der Waals surface area (Å²) >= 11 is 0. The molecule has 1 fully saturated rings. The van der Waals surface area contributed by atoms with Crippen molar-refractivity contribution < 1.29 is 17.9 Å². The molecule has 0 radical (unpaired) electrons. The Morgan fingerprint density at radius 2 is 1.89 bits per heavy atom. The molecule has 8 nitrogen and oxygen atoms in total. The number of methoxy groups -OCH3 is 1. The maximum atomic E-state index is 12.4. The standard InChI is InChI=1S/C18H22N4O4S/c1-19-27(24,25)17-10-12(8-9-16(17)26-2)14-11-15(22-21-14)18(23)20-13-6-4-3-5-7-13/h3-10,14-15,19,21-22H,11H2,1-2H3,(H,20,23). The van der Waals surface area contributed by atoms with Crippen LogP contribution in [0.5, 0.6) is 5.75 Å². The summed E-state index contributed by atoms with van der Waals surface area (Å²) < 4.78 is 31.9. The highest BCUT2D eigenvalue weighted by molar-refractivity contribution is 7.89. The number of para-hydroxylation sites is 1. The number of hydrazine groups is 1. The molecule has 0 bridgehead atoms. The summed E-state index contributed by atoms with van der Waals surface area (Å²) in [4.78, 5) is 12.5. The van der Waals surface area contributed by atoms with Crippen molar-refractivity contribution in [2.24, 2.45) is 0 Å². The third kappa shape index (κ3) is 4.28. The quantitative estimate of drug-likeness (QED) is 0.589. The second kappa shape index (κ2) is 8.05. The van der Waals surface area contributed by atoms with Gasteiger partial charge >= 0.3 is 0 Å². The summed E-state index contributed by atoms with van der Waals surface area (Å²) in [6.45, 7) is 0. The Morgan fingerprint density at radius 3 is 2.56 bits per heavy atom. The maximum absolute atomic E-state index is 12.4. The van der Waals surface area contributed by atoms with E-state index in [1.54, 1.807) is 18.2 Å². The summed E-state index contributed by atoms with van der Waals surface area (Å²) in [5.74, 6) is 0.102. The van der Waals surface area contributed by atoms with Crippen molar-refractivity contribution >= 4 is 21.6 Å². The van der Waals surface area contributed by atoms with Gasteiger partial charge in [-0.05, 0) is 43.3 Å². The maximum Gasteiger partial charge on any atom is 0.244 e. The normalized spacial score (nSPS) is 19.6. The lowest BCUT2D eigenvalue weighted by molar-refractivity contribution is -0.117. The molecule has 4 N–H and O–H groups in total. The van der Waals surface area contributed by atoms with Gasteiger partial charge in [0.05, 0.1) is 7.11 Å². The molecule has 1 aliphatic rings. The average Bonchev–Trinajstić information content (AvgIpc) is 3.18. The first-order chi connectivity index (χ1) is 12.9. The number of amides is 1. The fourth-order valence-corrected chi connectivity index (χ4v) is 3.85. The average molecular weight is 390 g/mol. The molecule has 1 saturated heterocycles. The van der Waals surface area contributed by atoms with Crippen LogP contribution in [0.4, 0.5) is 5.69 Å². The highest BCUT2D eigenvalue weighted by Gasteiger charge is 2.31. The van der Waals surface area contributed by atoms with E-state index in [0.29, 0.717) is 6.42 Å². The Bertz CT molecular complexity index is 918. The van der Waals surface area contributed by atoms with Crippen LogP contribution in [0.15, 0.2) is 53.4 Å². The Hall–Kier alpha value is -2.46. The second-order valence-electron chi connectivity index (χ2n) is 6.10. The van der Waals surface area contributed by atoms with Gasteiger partial charge in [-0.15, -0.1) is 0 Å². The summed E-state index contributed by atoms with van der Waals surface area (Å²) in [6, 6.07) is 13.5. The minimum Gasteiger partial charge on any atom is -0.495 e. The van der Waals surface area contributed by atoms with E-state index in [4.69, 9.17) is 4.74 Å². The highest BCUT2D eigenvalue weighted by Crippen LogP contribution is 2.30. The molecule has 2 unspecified atom stereocenters. The second-order valence-corrected chi connectivity index (χ2v) is 7.96. The molecule has 0 aromatic heterocycles. The summed E-state index contributed by atoms with van der Waals surface area (Å²) in [6.07, 6.45) is 0.476. The van der Waals surface area contributed by atoms with Gasteiger partial charge in [-0.2, -0.15) is 0 Å². The molecule has 1 aliphatic heterocycles. The van der Waals surface area contributed by atoms with Crippen LogP contribution in [0.3, 0.4) is 0 Å². The van der Waals surface area contributed by atoms with Gasteiger partial charge in [0.15, 0.2) is 0 Å². The molecular weight excluding hydrogens is 368 g/mol. The van der Waals surface area contributed by atoms with Gasteiger partial charge < -0.3 is 10.1 Å². The van der Waals surface area contributed by atoms with Crippen LogP contribution in [0.1, 0.15) is 18.0 Å². The number of carbonyl (C=O) groups excluding carboxylic acids is 1. The molecule has 0 spiro atoms. The number of nitrogens with one attached hydrogen (secondary N) is 4. The number of anilines is 1. The Kier molecular flexibility index (Phi) is 5.76. The van der Waals surface area contributed by atoms with Crippen LogP contribution >= 0.6 is 0 Å². The largest absolute Gasteiger partial charge is 0.495 e. The number of carbonyl (C=O) groups is 1. The van der Waals surface area contributed by atoms with Crippen LogP contribution in [0.25, 0.3) is 0 Å². The Balaban J connectivity index is 1.75. The van der Waals surface area contributed by atoms with Crippen molar-refractivity contribution in [3.63, 3.8) is 0 Å². The van der Waals surface area contributed by atoms with Crippen LogP contribution in [-0.2, 0) is 14.8 Å². The zero-order valence-electron chi connectivity index (χ0n) is 15.0. The van der Waals surface area contributed by atoms with Crippen molar-refractivity contribution in [1.29, 1.82) is 0 Å². The number of hydrogen-bond acceptors (Lipinski definition) is 6. The van der Waals surface area contributed by atoms with E-state index < -0.39 is 16.1 Å². The van der Waals surface area contributed by atoms with E-state index >= 15 is 0 Å². The first-order valence-corrected chi connectivity index (χ1v) is 9.91. The molecule has 1 amide bonds. The van der Waals surface area contributed by atoms with Gasteiger partial charge in [-0.1, -0.05) is 24.3 Å². The third-order valence-corrected chi connectivity index (χ3v) is 5.84. The summed E-state index contributed by atoms with van der Waals surface area (Å²) in [5.41, 5.74) is 7.49. The number of rotatable bonds is 6. The third-order valence-electron chi connectivity index (χ3n) is 4.41. The SMILES string of the molecule is CNS(=O)(=O)c1cc(C2CC(C(=O)Nc3ccccc3)NN2)ccc1OC. The molecule has 1 heterocycles. The predicted molar refractivity (Wildman–Crippen MR) is 102 cm³/mol. The Morgan fingerprint density at radius 1 is 1.15 bits per heavy atom. The minimum absolute atomic E-state index is 0.0592. The van der Waals surface area contributed by atoms with Gasteiger partial charge in [0.1, 0.15) is 16.7 Å². The molecule has 2 atom stereocenters. The molecule has 2 aromatic rings. The van der Waals surface area contributed by atoms with E-state index in [-0.39, 0.29) is 22.6 Å². The van der Waals surface area contributed by atoms with Crippen LogP contribution in [0, 0.1) is 0 Å². The zero-order chi connectivity index (χ0) is 19.4.